The van der Waals surface area contributed by atoms with Gasteiger partial charge in [0.15, 0.2) is 0 Å². The number of hydrogen-bond acceptors (Lipinski definition) is 4. The highest BCUT2D eigenvalue weighted by Crippen LogP contribution is 2.49. The lowest BCUT2D eigenvalue weighted by molar-refractivity contribution is -0.137. The van der Waals surface area contributed by atoms with Crippen molar-refractivity contribution in [3.8, 4) is 11.5 Å². The highest BCUT2D eigenvalue weighted by atomic mass is 31.2. The van der Waals surface area contributed by atoms with Crippen molar-refractivity contribution in [3.63, 3.8) is 0 Å². The number of carboxylic acids is 1. The Morgan fingerprint density at radius 3 is 1.78 bits per heavy atom. The summed E-state index contributed by atoms with van der Waals surface area (Å²) in [7, 11) is -3.42. The van der Waals surface area contributed by atoms with E-state index in [-0.39, 0.29) is 12.6 Å². The zero-order valence-electron chi connectivity index (χ0n) is 12.6. The van der Waals surface area contributed by atoms with Gasteiger partial charge in [0.1, 0.15) is 11.5 Å². The number of carbonyl (C=O) groups is 1. The molecule has 5 nitrogen and oxygen atoms in total. The summed E-state index contributed by atoms with van der Waals surface area (Å²) in [5.74, 6) is 0.0581. The maximum Gasteiger partial charge on any atom is 0.430 e. The topological polar surface area (TPSA) is 72.8 Å². The highest BCUT2D eigenvalue weighted by molar-refractivity contribution is 7.54. The van der Waals surface area contributed by atoms with Crippen molar-refractivity contribution in [1.82, 2.24) is 0 Å². The minimum absolute atomic E-state index is 0.0384. The molecule has 0 aromatic heterocycles. The lowest BCUT2D eigenvalue weighted by atomic mass is 10.2. The summed E-state index contributed by atoms with van der Waals surface area (Å²) >= 11 is 0. The second-order valence-electron chi connectivity index (χ2n) is 4.99. The predicted octanol–water partition coefficient (Wildman–Crippen LogP) is 4.59. The van der Waals surface area contributed by atoms with E-state index in [9.17, 15) is 9.36 Å². The first-order chi connectivity index (χ1) is 11.1. The van der Waals surface area contributed by atoms with Crippen molar-refractivity contribution in [3.05, 3.63) is 60.7 Å². The molecule has 122 valence electrons. The number of para-hydroxylation sites is 2. The molecule has 0 unspecified atom stereocenters. The molecule has 0 saturated heterocycles. The van der Waals surface area contributed by atoms with Crippen molar-refractivity contribution >= 4 is 13.6 Å². The van der Waals surface area contributed by atoms with Crippen molar-refractivity contribution in [2.24, 2.45) is 0 Å². The van der Waals surface area contributed by atoms with E-state index in [1.165, 1.54) is 0 Å². The van der Waals surface area contributed by atoms with Gasteiger partial charge < -0.3 is 14.2 Å². The third-order valence-electron chi connectivity index (χ3n) is 3.05. The van der Waals surface area contributed by atoms with Gasteiger partial charge in [-0.25, -0.2) is 4.57 Å². The van der Waals surface area contributed by atoms with Gasteiger partial charge in [0, 0.05) is 6.42 Å². The summed E-state index contributed by atoms with van der Waals surface area (Å²) in [6, 6.07) is 17.6. The molecule has 0 atom stereocenters. The van der Waals surface area contributed by atoms with Crippen LogP contribution in [0.5, 0.6) is 11.5 Å². The van der Waals surface area contributed by atoms with Crippen LogP contribution in [0.25, 0.3) is 0 Å². The first-order valence-electron chi connectivity index (χ1n) is 7.37. The van der Waals surface area contributed by atoms with E-state index in [0.29, 0.717) is 24.3 Å². The Kier molecular flexibility index (Phi) is 6.24. The average Bonchev–Trinajstić information content (AvgIpc) is 2.53. The van der Waals surface area contributed by atoms with E-state index in [2.05, 4.69) is 0 Å². The van der Waals surface area contributed by atoms with Gasteiger partial charge in [0.05, 0.1) is 6.16 Å². The van der Waals surface area contributed by atoms with Gasteiger partial charge in [-0.2, -0.15) is 0 Å². The van der Waals surface area contributed by atoms with Crippen LogP contribution in [0.4, 0.5) is 0 Å². The molecular formula is C17H19O5P. The smallest absolute Gasteiger partial charge is 0.430 e. The van der Waals surface area contributed by atoms with E-state index < -0.39 is 13.6 Å². The van der Waals surface area contributed by atoms with E-state index in [1.54, 1.807) is 48.5 Å². The van der Waals surface area contributed by atoms with E-state index in [0.717, 1.165) is 0 Å². The Morgan fingerprint density at radius 2 is 1.35 bits per heavy atom. The van der Waals surface area contributed by atoms with E-state index in [4.69, 9.17) is 14.2 Å². The van der Waals surface area contributed by atoms with Gasteiger partial charge in [-0.3, -0.25) is 4.79 Å². The minimum atomic E-state index is -3.42. The summed E-state index contributed by atoms with van der Waals surface area (Å²) in [6.45, 7) is 0. The van der Waals surface area contributed by atoms with Crippen LogP contribution in [0.2, 0.25) is 0 Å². The maximum atomic E-state index is 13.0. The summed E-state index contributed by atoms with van der Waals surface area (Å²) in [5, 5.41) is 8.68. The van der Waals surface area contributed by atoms with Gasteiger partial charge in [0.2, 0.25) is 0 Å². The molecule has 2 rings (SSSR count). The van der Waals surface area contributed by atoms with E-state index in [1.807, 2.05) is 12.1 Å². The van der Waals surface area contributed by atoms with Crippen molar-refractivity contribution in [1.29, 1.82) is 0 Å². The second kappa shape index (κ2) is 8.39. The number of carboxylic acid groups (broad SMARTS) is 1. The molecule has 1 N–H and O–H groups in total. The Bertz CT molecular complexity index is 612. The van der Waals surface area contributed by atoms with Crippen LogP contribution in [-0.2, 0) is 9.36 Å². The Hall–Kier alpha value is -2.26. The van der Waals surface area contributed by atoms with Gasteiger partial charge in [-0.15, -0.1) is 0 Å². The summed E-state index contributed by atoms with van der Waals surface area (Å²) in [6.07, 6.45) is 1.07. The predicted molar refractivity (Wildman–Crippen MR) is 88.1 cm³/mol. The Labute approximate surface area is 135 Å². The molecule has 0 aliphatic heterocycles. The van der Waals surface area contributed by atoms with Crippen LogP contribution in [0.1, 0.15) is 19.3 Å². The fourth-order valence-electron chi connectivity index (χ4n) is 1.98. The van der Waals surface area contributed by atoms with E-state index >= 15 is 0 Å². The summed E-state index contributed by atoms with van der Waals surface area (Å²) in [5.41, 5.74) is 0. The molecule has 0 radical (unpaired) electrons. The molecule has 23 heavy (non-hydrogen) atoms. The second-order valence-corrected chi connectivity index (χ2v) is 7.03. The normalized spacial score (nSPS) is 11.0. The molecule has 0 aliphatic carbocycles. The van der Waals surface area contributed by atoms with Crippen molar-refractivity contribution in [2.45, 2.75) is 19.3 Å². The lowest BCUT2D eigenvalue weighted by Crippen LogP contribution is -2.06. The van der Waals surface area contributed by atoms with Crippen LogP contribution in [0, 0.1) is 0 Å². The zero-order valence-corrected chi connectivity index (χ0v) is 13.5. The fraction of sp³-hybridized carbons (Fsp3) is 0.235. The van der Waals surface area contributed by atoms with Gasteiger partial charge in [-0.1, -0.05) is 36.4 Å². The first kappa shape index (κ1) is 17.1. The fourth-order valence-corrected chi connectivity index (χ4v) is 3.69. The average molecular weight is 334 g/mol. The summed E-state index contributed by atoms with van der Waals surface area (Å²) in [4.78, 5) is 10.6. The monoisotopic (exact) mass is 334 g/mol. The minimum Gasteiger partial charge on any atom is -0.481 e. The molecule has 0 heterocycles. The Balaban J connectivity index is 2.06. The van der Waals surface area contributed by atoms with Crippen LogP contribution in [0.15, 0.2) is 60.7 Å². The lowest BCUT2D eigenvalue weighted by Gasteiger charge is -2.20. The molecule has 0 bridgehead atoms. The molecule has 0 aliphatic rings. The molecular weight excluding hydrogens is 315 g/mol. The van der Waals surface area contributed by atoms with Crippen LogP contribution >= 0.6 is 7.60 Å². The van der Waals surface area contributed by atoms with Crippen LogP contribution in [-0.4, -0.2) is 17.2 Å². The number of benzene rings is 2. The first-order valence-corrected chi connectivity index (χ1v) is 9.10. The SMILES string of the molecule is O=C(O)CCCCP(=O)(Oc1ccccc1)Oc1ccccc1. The molecule has 2 aromatic carbocycles. The Morgan fingerprint density at radius 1 is 0.870 bits per heavy atom. The van der Waals surface area contributed by atoms with Gasteiger partial charge in [-0.05, 0) is 37.1 Å². The molecule has 0 spiro atoms. The summed E-state index contributed by atoms with van der Waals surface area (Å²) < 4.78 is 24.2. The number of hydrogen-bond donors (Lipinski definition) is 1. The number of unbranched alkanes of at least 4 members (excludes halogenated alkanes) is 1. The van der Waals surface area contributed by atoms with Gasteiger partial charge >= 0.3 is 13.6 Å². The molecule has 0 fully saturated rings. The zero-order chi connectivity index (χ0) is 16.5. The highest BCUT2D eigenvalue weighted by Gasteiger charge is 2.27. The van der Waals surface area contributed by atoms with Crippen molar-refractivity contribution in [2.75, 3.05) is 6.16 Å². The number of rotatable bonds is 9. The molecule has 0 saturated carbocycles. The molecule has 6 heteroatoms. The molecule has 2 aromatic rings. The van der Waals surface area contributed by atoms with Gasteiger partial charge in [0.25, 0.3) is 0 Å². The molecule has 0 amide bonds. The third-order valence-corrected chi connectivity index (χ3v) is 4.89. The quantitative estimate of drug-likeness (QED) is 0.536. The van der Waals surface area contributed by atoms with Crippen LogP contribution < -0.4 is 9.05 Å². The largest absolute Gasteiger partial charge is 0.481 e. The third kappa shape index (κ3) is 6.17. The van der Waals surface area contributed by atoms with Crippen LogP contribution in [0.3, 0.4) is 0 Å². The standard InChI is InChI=1S/C17H19O5P/c18-17(19)13-7-8-14-23(20,21-15-9-3-1-4-10-15)22-16-11-5-2-6-12-16/h1-6,9-12H,7-8,13-14H2,(H,18,19). The number of aliphatic carboxylic acids is 1. The maximum absolute atomic E-state index is 13.0. The van der Waals surface area contributed by atoms with Crippen molar-refractivity contribution < 1.29 is 23.5 Å².